The number of hydrogen-bond acceptors (Lipinski definition) is 4. The highest BCUT2D eigenvalue weighted by Crippen LogP contribution is 2.39. The van der Waals surface area contributed by atoms with Crippen LogP contribution in [0.25, 0.3) is 11.3 Å². The summed E-state index contributed by atoms with van der Waals surface area (Å²) in [7, 11) is 0. The van der Waals surface area contributed by atoms with E-state index >= 15 is 0 Å². The maximum Gasteiger partial charge on any atom is 0.218 e. The Labute approximate surface area is 204 Å². The summed E-state index contributed by atoms with van der Waals surface area (Å²) in [5, 5.41) is 0. The van der Waals surface area contributed by atoms with Crippen molar-refractivity contribution in [3.63, 3.8) is 0 Å². The van der Waals surface area contributed by atoms with E-state index in [9.17, 15) is 9.18 Å². The van der Waals surface area contributed by atoms with Crippen LogP contribution in [-0.4, -0.2) is 47.5 Å². The van der Waals surface area contributed by atoms with Gasteiger partial charge in [0.25, 0.3) is 0 Å². The number of rotatable bonds is 7. The molecule has 6 nitrogen and oxygen atoms in total. The predicted octanol–water partition coefficient (Wildman–Crippen LogP) is 5.14. The van der Waals surface area contributed by atoms with Crippen LogP contribution >= 0.6 is 0 Å². The lowest BCUT2D eigenvalue weighted by atomic mass is 10.1. The fourth-order valence-corrected chi connectivity index (χ4v) is 4.71. The zero-order chi connectivity index (χ0) is 24.2. The first-order valence-corrected chi connectivity index (χ1v) is 11.8. The predicted molar refractivity (Wildman–Crippen MR) is 137 cm³/mol. The number of aryl methyl sites for hydroxylation is 1. The smallest absolute Gasteiger partial charge is 0.218 e. The van der Waals surface area contributed by atoms with E-state index in [-0.39, 0.29) is 5.82 Å². The number of nitrogens with one attached hydrogen (secondary N) is 1. The van der Waals surface area contributed by atoms with Crippen molar-refractivity contribution in [3.8, 4) is 11.3 Å². The molecular formula is C28H28FN5O. The number of amides is 1. The van der Waals surface area contributed by atoms with Crippen LogP contribution in [-0.2, 0) is 11.3 Å². The first-order valence-electron chi connectivity index (χ1n) is 11.8. The minimum atomic E-state index is -0.217. The average Bonchev–Trinajstić information content (AvgIpc) is 3.22. The summed E-state index contributed by atoms with van der Waals surface area (Å²) in [6, 6.07) is 20.5. The van der Waals surface area contributed by atoms with Crippen LogP contribution in [0.1, 0.15) is 11.3 Å². The number of carbonyl (C=O) groups excluding carboxylic acids is 1. The molecule has 1 aliphatic heterocycles. The summed E-state index contributed by atoms with van der Waals surface area (Å²) < 4.78 is 13.3. The Kier molecular flexibility index (Phi) is 6.59. The van der Waals surface area contributed by atoms with Gasteiger partial charge in [0.05, 0.1) is 17.1 Å². The van der Waals surface area contributed by atoms with Crippen LogP contribution in [0.15, 0.2) is 79.1 Å². The van der Waals surface area contributed by atoms with Gasteiger partial charge in [-0.15, -0.1) is 0 Å². The zero-order valence-electron chi connectivity index (χ0n) is 19.7. The number of halogens is 1. The lowest BCUT2D eigenvalue weighted by molar-refractivity contribution is -0.106. The van der Waals surface area contributed by atoms with Crippen LogP contribution < -0.4 is 9.80 Å². The molecule has 0 unspecified atom stereocenters. The fraction of sp³-hybridized carbons (Fsp3) is 0.214. The van der Waals surface area contributed by atoms with Crippen molar-refractivity contribution in [1.29, 1.82) is 0 Å². The Morgan fingerprint density at radius 3 is 2.31 bits per heavy atom. The highest BCUT2D eigenvalue weighted by molar-refractivity contribution is 5.95. The molecule has 2 aromatic heterocycles. The molecule has 0 aliphatic carbocycles. The number of aromatic amines is 1. The van der Waals surface area contributed by atoms with E-state index in [0.29, 0.717) is 0 Å². The third-order valence-electron chi connectivity index (χ3n) is 6.58. The summed E-state index contributed by atoms with van der Waals surface area (Å²) in [5.74, 6) is -0.217. The van der Waals surface area contributed by atoms with E-state index in [2.05, 4.69) is 38.8 Å². The number of piperazine rings is 1. The number of nitrogens with zero attached hydrogens (tertiary/aromatic N) is 4. The van der Waals surface area contributed by atoms with Crippen molar-refractivity contribution in [2.75, 3.05) is 36.0 Å². The maximum atomic E-state index is 13.3. The van der Waals surface area contributed by atoms with Crippen LogP contribution in [0.5, 0.6) is 0 Å². The molecule has 1 aliphatic rings. The topological polar surface area (TPSA) is 55.5 Å². The standard InChI is InChI=1S/C28H28FN5O/c1-21-26(19-32-15-17-33(18-16-32)24-9-7-23(29)8-10-24)28(27(31-21)22-5-3-2-4-6-22)34(20-35)25-11-13-30-14-12-25/h2-14,20,31H,15-19H2,1H3. The summed E-state index contributed by atoms with van der Waals surface area (Å²) >= 11 is 0. The number of H-pyrrole nitrogens is 1. The van der Waals surface area contributed by atoms with Crippen LogP contribution in [0.4, 0.5) is 21.5 Å². The summed E-state index contributed by atoms with van der Waals surface area (Å²) in [6.45, 7) is 6.25. The van der Waals surface area contributed by atoms with Crippen molar-refractivity contribution in [3.05, 3.63) is 96.2 Å². The third-order valence-corrected chi connectivity index (χ3v) is 6.58. The molecule has 4 aromatic rings. The largest absolute Gasteiger partial charge is 0.369 e. The molecule has 1 N–H and O–H groups in total. The molecule has 3 heterocycles. The van der Waals surface area contributed by atoms with Gasteiger partial charge < -0.3 is 9.88 Å². The monoisotopic (exact) mass is 469 g/mol. The van der Waals surface area contributed by atoms with E-state index in [1.165, 1.54) is 12.1 Å². The second-order valence-corrected chi connectivity index (χ2v) is 8.74. The molecule has 7 heteroatoms. The second kappa shape index (κ2) is 10.1. The number of carbonyl (C=O) groups is 1. The number of hydrogen-bond donors (Lipinski definition) is 1. The van der Waals surface area contributed by atoms with Gasteiger partial charge in [-0.1, -0.05) is 30.3 Å². The normalized spacial score (nSPS) is 14.2. The molecule has 0 saturated carbocycles. The first-order chi connectivity index (χ1) is 17.1. The van der Waals surface area contributed by atoms with Crippen molar-refractivity contribution in [2.45, 2.75) is 13.5 Å². The molecule has 178 valence electrons. The van der Waals surface area contributed by atoms with Crippen LogP contribution in [0, 0.1) is 12.7 Å². The van der Waals surface area contributed by atoms with Gasteiger partial charge in [0, 0.05) is 67.6 Å². The van der Waals surface area contributed by atoms with E-state index in [4.69, 9.17) is 0 Å². The number of anilines is 3. The van der Waals surface area contributed by atoms with Gasteiger partial charge in [-0.3, -0.25) is 19.6 Å². The van der Waals surface area contributed by atoms with E-state index < -0.39 is 0 Å². The molecule has 1 amide bonds. The van der Waals surface area contributed by atoms with Gasteiger partial charge in [0.1, 0.15) is 5.82 Å². The van der Waals surface area contributed by atoms with Crippen LogP contribution in [0.3, 0.4) is 0 Å². The van der Waals surface area contributed by atoms with Crippen molar-refractivity contribution in [2.24, 2.45) is 0 Å². The second-order valence-electron chi connectivity index (χ2n) is 8.74. The molecule has 2 aromatic carbocycles. The number of pyridine rings is 1. The van der Waals surface area contributed by atoms with E-state index in [1.807, 2.05) is 42.5 Å². The first kappa shape index (κ1) is 22.8. The highest BCUT2D eigenvalue weighted by atomic mass is 19.1. The number of aromatic nitrogens is 2. The Morgan fingerprint density at radius 2 is 1.66 bits per heavy atom. The zero-order valence-corrected chi connectivity index (χ0v) is 19.7. The molecule has 35 heavy (non-hydrogen) atoms. The Hall–Kier alpha value is -3.97. The van der Waals surface area contributed by atoms with Gasteiger partial charge in [-0.05, 0) is 43.3 Å². The number of benzene rings is 2. The van der Waals surface area contributed by atoms with E-state index in [0.717, 1.165) is 78.7 Å². The SMILES string of the molecule is Cc1[nH]c(-c2ccccc2)c(N(C=O)c2ccncc2)c1CN1CCN(c2ccc(F)cc2)CC1. The van der Waals surface area contributed by atoms with E-state index in [1.54, 1.807) is 17.3 Å². The minimum Gasteiger partial charge on any atom is -0.369 e. The quantitative estimate of drug-likeness (QED) is 0.381. The van der Waals surface area contributed by atoms with Crippen molar-refractivity contribution >= 4 is 23.5 Å². The summed E-state index contributed by atoms with van der Waals surface area (Å²) in [6.07, 6.45) is 4.27. The molecule has 1 fully saturated rings. The third kappa shape index (κ3) is 4.81. The van der Waals surface area contributed by atoms with Crippen molar-refractivity contribution in [1.82, 2.24) is 14.9 Å². The molecule has 5 rings (SSSR count). The van der Waals surface area contributed by atoms with Crippen molar-refractivity contribution < 1.29 is 9.18 Å². The maximum absolute atomic E-state index is 13.3. The van der Waals surface area contributed by atoms with Gasteiger partial charge in [0.2, 0.25) is 6.41 Å². The van der Waals surface area contributed by atoms with Gasteiger partial charge in [-0.2, -0.15) is 0 Å². The molecule has 0 atom stereocenters. The molecule has 0 bridgehead atoms. The Balaban J connectivity index is 1.44. The Bertz CT molecular complexity index is 1270. The van der Waals surface area contributed by atoms with Gasteiger partial charge in [-0.25, -0.2) is 4.39 Å². The lowest BCUT2D eigenvalue weighted by Gasteiger charge is -2.36. The minimum absolute atomic E-state index is 0.217. The molecule has 0 radical (unpaired) electrons. The Morgan fingerprint density at radius 1 is 0.971 bits per heavy atom. The summed E-state index contributed by atoms with van der Waals surface area (Å²) in [5.41, 5.74) is 6.78. The average molecular weight is 470 g/mol. The molecule has 0 spiro atoms. The van der Waals surface area contributed by atoms with Gasteiger partial charge >= 0.3 is 0 Å². The highest BCUT2D eigenvalue weighted by Gasteiger charge is 2.26. The van der Waals surface area contributed by atoms with Gasteiger partial charge in [0.15, 0.2) is 0 Å². The van der Waals surface area contributed by atoms with Crippen LogP contribution in [0.2, 0.25) is 0 Å². The molecule has 1 saturated heterocycles. The molecular weight excluding hydrogens is 441 g/mol. The lowest BCUT2D eigenvalue weighted by Crippen LogP contribution is -2.46. The summed E-state index contributed by atoms with van der Waals surface area (Å²) in [4.78, 5) is 26.5. The fourth-order valence-electron chi connectivity index (χ4n) is 4.71.